The number of nitrogens with zero attached hydrogens (tertiary/aromatic N) is 2. The van der Waals surface area contributed by atoms with Gasteiger partial charge in [0.1, 0.15) is 6.10 Å². The van der Waals surface area contributed by atoms with E-state index in [4.69, 9.17) is 9.47 Å². The fraction of sp³-hybridized carbons (Fsp3) is 0.542. The molecular formula is C24H31N3O3. The third kappa shape index (κ3) is 4.64. The molecule has 2 aliphatic rings. The second-order valence-electron chi connectivity index (χ2n) is 8.56. The third-order valence-electron chi connectivity index (χ3n) is 6.35. The van der Waals surface area contributed by atoms with Crippen molar-refractivity contribution in [2.75, 3.05) is 13.2 Å². The normalized spacial score (nSPS) is 23.5. The molecule has 0 atom stereocenters. The molecule has 6 heteroatoms. The Bertz CT molecular complexity index is 837. The molecule has 1 saturated heterocycles. The zero-order valence-electron chi connectivity index (χ0n) is 17.9. The Balaban J connectivity index is 1.36. The minimum Gasteiger partial charge on any atom is -0.460 e. The van der Waals surface area contributed by atoms with Crippen LogP contribution < -0.4 is 10.1 Å². The SMILES string of the molecule is Cc1cc(C)nc(OC2CCC(NC(=O)C3(c4ccccc4)CCOCC3)CC2)n1. The van der Waals surface area contributed by atoms with Gasteiger partial charge in [0.15, 0.2) is 0 Å². The zero-order valence-corrected chi connectivity index (χ0v) is 17.9. The first-order valence-electron chi connectivity index (χ1n) is 11.0. The maximum atomic E-state index is 13.4. The van der Waals surface area contributed by atoms with Gasteiger partial charge in [-0.25, -0.2) is 9.97 Å². The molecule has 1 aliphatic heterocycles. The van der Waals surface area contributed by atoms with Gasteiger partial charge in [-0.3, -0.25) is 4.79 Å². The monoisotopic (exact) mass is 409 g/mol. The van der Waals surface area contributed by atoms with Gasteiger partial charge in [-0.2, -0.15) is 0 Å². The standard InChI is InChI=1S/C24H31N3O3/c1-17-16-18(2)26-23(25-17)30-21-10-8-20(9-11-21)27-22(28)24(12-14-29-15-13-24)19-6-4-3-5-7-19/h3-7,16,20-21H,8-15H2,1-2H3,(H,27,28). The lowest BCUT2D eigenvalue weighted by Crippen LogP contribution is -2.52. The molecule has 6 nitrogen and oxygen atoms in total. The minimum atomic E-state index is -0.486. The molecule has 1 aliphatic carbocycles. The van der Waals surface area contributed by atoms with Gasteiger partial charge in [-0.15, -0.1) is 0 Å². The molecule has 2 heterocycles. The molecule has 30 heavy (non-hydrogen) atoms. The van der Waals surface area contributed by atoms with Crippen molar-refractivity contribution in [3.8, 4) is 6.01 Å². The first kappa shape index (κ1) is 20.8. The number of aromatic nitrogens is 2. The van der Waals surface area contributed by atoms with E-state index in [9.17, 15) is 4.79 Å². The van der Waals surface area contributed by atoms with Gasteiger partial charge < -0.3 is 14.8 Å². The van der Waals surface area contributed by atoms with Crippen LogP contribution in [-0.2, 0) is 14.9 Å². The Morgan fingerprint density at radius 1 is 1.03 bits per heavy atom. The number of carbonyl (C=O) groups is 1. The van der Waals surface area contributed by atoms with Crippen LogP contribution >= 0.6 is 0 Å². The number of hydrogen-bond donors (Lipinski definition) is 1. The lowest BCUT2D eigenvalue weighted by atomic mass is 9.73. The van der Waals surface area contributed by atoms with Crippen LogP contribution in [0.1, 0.15) is 55.5 Å². The Kier molecular flexibility index (Phi) is 6.32. The fourth-order valence-corrected chi connectivity index (χ4v) is 4.67. The highest BCUT2D eigenvalue weighted by Crippen LogP contribution is 2.36. The van der Waals surface area contributed by atoms with E-state index in [-0.39, 0.29) is 18.1 Å². The van der Waals surface area contributed by atoms with Gasteiger partial charge >= 0.3 is 6.01 Å². The molecule has 0 unspecified atom stereocenters. The first-order valence-corrected chi connectivity index (χ1v) is 11.0. The topological polar surface area (TPSA) is 73.3 Å². The zero-order chi connectivity index (χ0) is 21.0. The maximum Gasteiger partial charge on any atom is 0.317 e. The van der Waals surface area contributed by atoms with E-state index in [1.807, 2.05) is 38.1 Å². The summed E-state index contributed by atoms with van der Waals surface area (Å²) in [5.41, 5.74) is 2.44. The van der Waals surface area contributed by atoms with Gasteiger partial charge in [0.05, 0.1) is 5.41 Å². The van der Waals surface area contributed by atoms with E-state index < -0.39 is 5.41 Å². The van der Waals surface area contributed by atoms with Crippen molar-refractivity contribution in [1.82, 2.24) is 15.3 Å². The molecule has 2 fully saturated rings. The highest BCUT2D eigenvalue weighted by Gasteiger charge is 2.42. The number of carbonyl (C=O) groups excluding carboxylic acids is 1. The summed E-state index contributed by atoms with van der Waals surface area (Å²) >= 11 is 0. The Morgan fingerprint density at radius 2 is 1.67 bits per heavy atom. The van der Waals surface area contributed by atoms with Crippen LogP contribution in [-0.4, -0.2) is 41.2 Å². The summed E-state index contributed by atoms with van der Waals surface area (Å²) in [6, 6.07) is 12.7. The second-order valence-corrected chi connectivity index (χ2v) is 8.56. The number of benzene rings is 1. The average Bonchev–Trinajstić information content (AvgIpc) is 2.75. The van der Waals surface area contributed by atoms with E-state index in [0.717, 1.165) is 55.5 Å². The minimum absolute atomic E-state index is 0.102. The number of rotatable bonds is 5. The first-order chi connectivity index (χ1) is 14.5. The summed E-state index contributed by atoms with van der Waals surface area (Å²) in [7, 11) is 0. The van der Waals surface area contributed by atoms with Gasteiger partial charge in [-0.1, -0.05) is 30.3 Å². The van der Waals surface area contributed by atoms with Crippen LogP contribution in [0.15, 0.2) is 36.4 Å². The molecule has 1 saturated carbocycles. The summed E-state index contributed by atoms with van der Waals surface area (Å²) in [4.78, 5) is 22.2. The quantitative estimate of drug-likeness (QED) is 0.816. The molecule has 1 amide bonds. The van der Waals surface area contributed by atoms with E-state index >= 15 is 0 Å². The smallest absolute Gasteiger partial charge is 0.317 e. The highest BCUT2D eigenvalue weighted by atomic mass is 16.5. The van der Waals surface area contributed by atoms with Crippen LogP contribution in [0.4, 0.5) is 0 Å². The van der Waals surface area contributed by atoms with Crippen LogP contribution in [0.25, 0.3) is 0 Å². The molecule has 1 aromatic heterocycles. The molecule has 0 spiro atoms. The molecule has 1 aromatic carbocycles. The highest BCUT2D eigenvalue weighted by molar-refractivity contribution is 5.88. The van der Waals surface area contributed by atoms with Crippen molar-refractivity contribution < 1.29 is 14.3 Å². The predicted molar refractivity (Wildman–Crippen MR) is 114 cm³/mol. The number of aryl methyl sites for hydroxylation is 2. The van der Waals surface area contributed by atoms with Gasteiger partial charge in [0, 0.05) is 30.6 Å². The predicted octanol–water partition coefficient (Wildman–Crippen LogP) is 3.65. The second kappa shape index (κ2) is 9.13. The van der Waals surface area contributed by atoms with Gasteiger partial charge in [0.2, 0.25) is 5.91 Å². The van der Waals surface area contributed by atoms with Crippen LogP contribution in [0.2, 0.25) is 0 Å². The molecule has 4 rings (SSSR count). The fourth-order valence-electron chi connectivity index (χ4n) is 4.67. The molecule has 0 bridgehead atoms. The van der Waals surface area contributed by atoms with Crippen molar-refractivity contribution in [2.24, 2.45) is 0 Å². The van der Waals surface area contributed by atoms with Crippen LogP contribution in [0.5, 0.6) is 6.01 Å². The number of ether oxygens (including phenoxy) is 2. The van der Waals surface area contributed by atoms with E-state index in [1.165, 1.54) is 0 Å². The largest absolute Gasteiger partial charge is 0.460 e. The molecule has 160 valence electrons. The van der Waals surface area contributed by atoms with Gasteiger partial charge in [-0.05, 0) is 64.0 Å². The Hall–Kier alpha value is -2.47. The summed E-state index contributed by atoms with van der Waals surface area (Å²) in [6.07, 6.45) is 5.15. The Labute approximate surface area is 178 Å². The van der Waals surface area contributed by atoms with E-state index in [2.05, 4.69) is 27.4 Å². The summed E-state index contributed by atoms with van der Waals surface area (Å²) in [5, 5.41) is 3.35. The van der Waals surface area contributed by atoms with Crippen molar-refractivity contribution in [1.29, 1.82) is 0 Å². The van der Waals surface area contributed by atoms with Crippen LogP contribution in [0.3, 0.4) is 0 Å². The average molecular weight is 410 g/mol. The molecule has 0 radical (unpaired) electrons. The van der Waals surface area contributed by atoms with Gasteiger partial charge in [0.25, 0.3) is 0 Å². The van der Waals surface area contributed by atoms with Crippen molar-refractivity contribution in [2.45, 2.75) is 69.9 Å². The van der Waals surface area contributed by atoms with E-state index in [0.29, 0.717) is 19.2 Å². The lowest BCUT2D eigenvalue weighted by Gasteiger charge is -2.38. The summed E-state index contributed by atoms with van der Waals surface area (Å²) in [5.74, 6) is 0.138. The summed E-state index contributed by atoms with van der Waals surface area (Å²) < 4.78 is 11.6. The van der Waals surface area contributed by atoms with E-state index in [1.54, 1.807) is 0 Å². The van der Waals surface area contributed by atoms with Crippen molar-refractivity contribution >= 4 is 5.91 Å². The third-order valence-corrected chi connectivity index (χ3v) is 6.35. The number of nitrogens with one attached hydrogen (secondary N) is 1. The van der Waals surface area contributed by atoms with Crippen LogP contribution in [0, 0.1) is 13.8 Å². The lowest BCUT2D eigenvalue weighted by molar-refractivity contribution is -0.131. The number of amides is 1. The van der Waals surface area contributed by atoms with Crippen molar-refractivity contribution in [3.05, 3.63) is 53.3 Å². The maximum absolute atomic E-state index is 13.4. The Morgan fingerprint density at radius 3 is 2.30 bits per heavy atom. The van der Waals surface area contributed by atoms with Crippen molar-refractivity contribution in [3.63, 3.8) is 0 Å². The number of hydrogen-bond acceptors (Lipinski definition) is 5. The molecule has 2 aromatic rings. The molecule has 1 N–H and O–H groups in total. The molecular weight excluding hydrogens is 378 g/mol. The summed E-state index contributed by atoms with van der Waals surface area (Å²) in [6.45, 7) is 5.15.